The van der Waals surface area contributed by atoms with E-state index < -0.39 is 0 Å². The van der Waals surface area contributed by atoms with Crippen LogP contribution in [0.5, 0.6) is 0 Å². The standard InChI is InChI=1S/C2H6O.Cd.ClH/c1-2-3;;/h3H,2H2,1H3;;1H/q;+1;/p-1. The van der Waals surface area contributed by atoms with Gasteiger partial charge in [0.2, 0.25) is 0 Å². The van der Waals surface area contributed by atoms with Gasteiger partial charge in [-0.2, -0.15) is 0 Å². The van der Waals surface area contributed by atoms with Crippen molar-refractivity contribution in [1.82, 2.24) is 0 Å². The van der Waals surface area contributed by atoms with E-state index in [1.165, 1.54) is 0 Å². The number of rotatable bonds is 0. The first-order chi connectivity index (χ1) is 2.41. The van der Waals surface area contributed by atoms with Crippen LogP contribution in [0, 0.1) is 0 Å². The molecule has 0 spiro atoms. The van der Waals surface area contributed by atoms with Crippen molar-refractivity contribution < 1.29 is 29.6 Å². The Labute approximate surface area is 51.5 Å². The molecule has 0 amide bonds. The Morgan fingerprint density at radius 3 is 1.80 bits per heavy atom. The molecule has 0 aromatic heterocycles. The van der Waals surface area contributed by atoms with E-state index in [2.05, 4.69) is 0 Å². The summed E-state index contributed by atoms with van der Waals surface area (Å²) < 4.78 is 0. The summed E-state index contributed by atoms with van der Waals surface area (Å²) in [5, 5.41) is 7.57. The first-order valence-corrected chi connectivity index (χ1v) is 6.40. The SMILES string of the molecule is CCO.[Cl][Cd]. The molecule has 0 heterocycles. The van der Waals surface area contributed by atoms with Crippen LogP contribution >= 0.6 is 8.32 Å². The minimum atomic E-state index is 0.250. The zero-order chi connectivity index (χ0) is 4.71. The molecular formula is C2H6CdClO. The van der Waals surface area contributed by atoms with E-state index in [1.54, 1.807) is 6.92 Å². The summed E-state index contributed by atoms with van der Waals surface area (Å²) in [4.78, 5) is 0. The van der Waals surface area contributed by atoms with Crippen molar-refractivity contribution in [3.05, 3.63) is 0 Å². The van der Waals surface area contributed by atoms with Gasteiger partial charge in [0.1, 0.15) is 0 Å². The van der Waals surface area contributed by atoms with Crippen LogP contribution in [-0.2, 0) is 24.5 Å². The van der Waals surface area contributed by atoms with E-state index in [1.807, 2.05) is 0 Å². The Morgan fingerprint density at radius 1 is 1.80 bits per heavy atom. The summed E-state index contributed by atoms with van der Waals surface area (Å²) >= 11 is 0.622. The molecule has 29 valence electrons. The minimum absolute atomic E-state index is 0.250. The van der Waals surface area contributed by atoms with Gasteiger partial charge in [-0.1, -0.05) is 0 Å². The maximum atomic E-state index is 7.57. The molecule has 0 aliphatic heterocycles. The average molecular weight is 194 g/mol. The first-order valence-electron chi connectivity index (χ1n) is 1.29. The zero-order valence-electron chi connectivity index (χ0n) is 3.24. The molecule has 0 aliphatic carbocycles. The molecule has 3 heteroatoms. The monoisotopic (exact) mass is 195 g/mol. The summed E-state index contributed by atoms with van der Waals surface area (Å²) in [6.07, 6.45) is 0. The van der Waals surface area contributed by atoms with Gasteiger partial charge in [-0.05, 0) is 6.92 Å². The number of aliphatic hydroxyl groups excluding tert-OH is 1. The van der Waals surface area contributed by atoms with Crippen molar-refractivity contribution >= 4 is 8.32 Å². The third kappa shape index (κ3) is 37.9. The number of hydrogen-bond acceptors (Lipinski definition) is 1. The number of halogens is 1. The molecule has 0 bridgehead atoms. The molecular weight excluding hydrogens is 188 g/mol. The van der Waals surface area contributed by atoms with Crippen LogP contribution in [0.2, 0.25) is 0 Å². The van der Waals surface area contributed by atoms with Crippen LogP contribution in [-0.4, -0.2) is 11.7 Å². The normalized spacial score (nSPS) is 5.00. The van der Waals surface area contributed by atoms with E-state index in [0.717, 1.165) is 0 Å². The van der Waals surface area contributed by atoms with Crippen molar-refractivity contribution in [3.8, 4) is 0 Å². The molecule has 0 unspecified atom stereocenters. The number of hydrogen-bond donors (Lipinski definition) is 1. The average Bonchev–Trinajstić information content (AvgIpc) is 1.46. The fourth-order valence-corrected chi connectivity index (χ4v) is 0. The quantitative estimate of drug-likeness (QED) is 0.562. The molecule has 0 saturated heterocycles. The van der Waals surface area contributed by atoms with Crippen molar-refractivity contribution in [2.75, 3.05) is 6.61 Å². The summed E-state index contributed by atoms with van der Waals surface area (Å²) in [6.45, 7) is 1.93. The molecule has 0 atom stereocenters. The van der Waals surface area contributed by atoms with E-state index in [9.17, 15) is 0 Å². The predicted octanol–water partition coefficient (Wildman–Crippen LogP) is 0.686. The predicted molar refractivity (Wildman–Crippen MR) is 18.6 cm³/mol. The Morgan fingerprint density at radius 2 is 1.80 bits per heavy atom. The van der Waals surface area contributed by atoms with Crippen molar-refractivity contribution in [2.24, 2.45) is 0 Å². The van der Waals surface area contributed by atoms with Crippen LogP contribution in [0.25, 0.3) is 0 Å². The molecule has 1 nitrogen and oxygen atoms in total. The molecule has 0 radical (unpaired) electrons. The van der Waals surface area contributed by atoms with E-state index in [-0.39, 0.29) is 6.61 Å². The second-order valence-corrected chi connectivity index (χ2v) is 0.316. The summed E-state index contributed by atoms with van der Waals surface area (Å²) in [7, 11) is 4.81. The third-order valence-corrected chi connectivity index (χ3v) is 0. The van der Waals surface area contributed by atoms with Gasteiger partial charge in [-0.15, -0.1) is 0 Å². The van der Waals surface area contributed by atoms with E-state index in [0.29, 0.717) is 24.5 Å². The first kappa shape index (κ1) is 9.49. The molecule has 1 N–H and O–H groups in total. The molecule has 0 aliphatic rings. The summed E-state index contributed by atoms with van der Waals surface area (Å²) in [6, 6.07) is 0. The maximum absolute atomic E-state index is 7.57. The Balaban J connectivity index is 0. The third-order valence-electron chi connectivity index (χ3n) is 0. The second kappa shape index (κ2) is 19.1. The second-order valence-electron chi connectivity index (χ2n) is 0.316. The van der Waals surface area contributed by atoms with Crippen LogP contribution in [0.1, 0.15) is 6.92 Å². The fourth-order valence-electron chi connectivity index (χ4n) is 0. The fraction of sp³-hybridized carbons (Fsp3) is 1.00. The Hall–Kier alpha value is 1.17. The van der Waals surface area contributed by atoms with Crippen molar-refractivity contribution in [3.63, 3.8) is 0 Å². The topological polar surface area (TPSA) is 20.2 Å². The van der Waals surface area contributed by atoms with E-state index >= 15 is 0 Å². The van der Waals surface area contributed by atoms with Gasteiger partial charge in [-0.3, -0.25) is 0 Å². The van der Waals surface area contributed by atoms with Gasteiger partial charge < -0.3 is 5.11 Å². The van der Waals surface area contributed by atoms with Crippen molar-refractivity contribution in [2.45, 2.75) is 6.92 Å². The van der Waals surface area contributed by atoms with Gasteiger partial charge in [0.25, 0.3) is 0 Å². The van der Waals surface area contributed by atoms with Gasteiger partial charge in [0.05, 0.1) is 0 Å². The summed E-state index contributed by atoms with van der Waals surface area (Å²) in [5.41, 5.74) is 0. The van der Waals surface area contributed by atoms with Gasteiger partial charge >= 0.3 is 32.9 Å². The Bertz CT molecular complexity index is 9.61. The molecule has 0 aromatic carbocycles. The van der Waals surface area contributed by atoms with E-state index in [4.69, 9.17) is 13.4 Å². The van der Waals surface area contributed by atoms with Gasteiger partial charge in [-0.25, -0.2) is 0 Å². The van der Waals surface area contributed by atoms with Crippen molar-refractivity contribution in [1.29, 1.82) is 0 Å². The van der Waals surface area contributed by atoms with Crippen LogP contribution < -0.4 is 0 Å². The van der Waals surface area contributed by atoms with Crippen LogP contribution in [0.3, 0.4) is 0 Å². The van der Waals surface area contributed by atoms with Crippen LogP contribution in [0.15, 0.2) is 0 Å². The van der Waals surface area contributed by atoms with Crippen LogP contribution in [0.4, 0.5) is 0 Å². The molecule has 0 rings (SSSR count). The number of aliphatic hydroxyl groups is 1. The summed E-state index contributed by atoms with van der Waals surface area (Å²) in [5.74, 6) is 0. The molecule has 5 heavy (non-hydrogen) atoms. The Kier molecular flexibility index (Phi) is 36.2. The molecule has 0 fully saturated rings. The molecule has 0 aromatic rings. The van der Waals surface area contributed by atoms with Gasteiger partial charge in [0, 0.05) is 6.61 Å². The van der Waals surface area contributed by atoms with Gasteiger partial charge in [0.15, 0.2) is 0 Å². The molecule has 0 saturated carbocycles. The zero-order valence-corrected chi connectivity index (χ0v) is 8.03.